The third-order valence-corrected chi connectivity index (χ3v) is 3.71. The Hall–Kier alpha value is -2.81. The number of carbonyl (C=O) groups excluding carboxylic acids is 1. The lowest BCUT2D eigenvalue weighted by molar-refractivity contribution is -0.141. The molecule has 0 saturated heterocycles. The highest BCUT2D eigenvalue weighted by atomic mass is 16.6. The maximum absolute atomic E-state index is 12.0. The van der Waals surface area contributed by atoms with Crippen molar-refractivity contribution in [2.45, 2.75) is 13.8 Å². The molecule has 1 aliphatic heterocycles. The Morgan fingerprint density at radius 1 is 1.00 bits per heavy atom. The van der Waals surface area contributed by atoms with Gasteiger partial charge in [0.05, 0.1) is 6.61 Å². The van der Waals surface area contributed by atoms with E-state index in [1.807, 2.05) is 42.5 Å². The molecule has 1 heterocycles. The minimum Gasteiger partial charge on any atom is -0.460 e. The van der Waals surface area contributed by atoms with Gasteiger partial charge in [0, 0.05) is 5.56 Å². The Labute approximate surface area is 135 Å². The number of benzene rings is 2. The minimum atomic E-state index is -0.454. The van der Waals surface area contributed by atoms with Gasteiger partial charge in [-0.05, 0) is 48.8 Å². The first-order valence-electron chi connectivity index (χ1n) is 7.63. The molecule has 0 amide bonds. The summed E-state index contributed by atoms with van der Waals surface area (Å²) in [4.78, 5) is 12.0. The van der Waals surface area contributed by atoms with Crippen LogP contribution in [0.1, 0.15) is 23.6 Å². The standard InChI is InChI=1S/C20H18O3/c1-3-22-20(21)19-13-12-16(15-9-5-4-8-14(15)2)17-10-6-7-11-18(17)23-19/h4-13H,3H2,1-2H3. The van der Waals surface area contributed by atoms with Crippen LogP contribution in [-0.2, 0) is 9.53 Å². The zero-order valence-electron chi connectivity index (χ0n) is 13.2. The number of para-hydroxylation sites is 1. The minimum absolute atomic E-state index is 0.197. The molecule has 0 radical (unpaired) electrons. The normalized spacial score (nSPS) is 13.1. The summed E-state index contributed by atoms with van der Waals surface area (Å²) in [6.45, 7) is 4.16. The van der Waals surface area contributed by atoms with Gasteiger partial charge in [-0.3, -0.25) is 0 Å². The second kappa shape index (κ2) is 6.53. The molecule has 3 rings (SSSR count). The molecule has 0 aromatic heterocycles. The molecule has 2 aromatic carbocycles. The zero-order chi connectivity index (χ0) is 16.2. The number of aryl methyl sites for hydroxylation is 1. The van der Waals surface area contributed by atoms with Crippen LogP contribution in [0.4, 0.5) is 0 Å². The number of carbonyl (C=O) groups is 1. The molecule has 0 N–H and O–H groups in total. The molecule has 3 nitrogen and oxygen atoms in total. The second-order valence-electron chi connectivity index (χ2n) is 5.24. The molecule has 0 bridgehead atoms. The highest BCUT2D eigenvalue weighted by Gasteiger charge is 2.20. The third-order valence-electron chi connectivity index (χ3n) is 3.71. The monoisotopic (exact) mass is 306 g/mol. The number of fused-ring (bicyclic) bond motifs is 1. The van der Waals surface area contributed by atoms with Gasteiger partial charge in [-0.1, -0.05) is 42.5 Å². The summed E-state index contributed by atoms with van der Waals surface area (Å²) in [5.74, 6) is 0.395. The van der Waals surface area contributed by atoms with Crippen molar-refractivity contribution in [1.29, 1.82) is 0 Å². The Balaban J connectivity index is 2.13. The van der Waals surface area contributed by atoms with Crippen LogP contribution < -0.4 is 4.74 Å². The molecule has 0 aliphatic carbocycles. The molecule has 2 aromatic rings. The lowest BCUT2D eigenvalue weighted by Gasteiger charge is -2.13. The van der Waals surface area contributed by atoms with E-state index in [9.17, 15) is 4.79 Å². The van der Waals surface area contributed by atoms with E-state index in [2.05, 4.69) is 19.1 Å². The number of ether oxygens (including phenoxy) is 2. The van der Waals surface area contributed by atoms with Crippen LogP contribution in [0.15, 0.2) is 66.4 Å². The van der Waals surface area contributed by atoms with Crippen LogP contribution in [0.2, 0.25) is 0 Å². The van der Waals surface area contributed by atoms with Crippen LogP contribution in [0.3, 0.4) is 0 Å². The van der Waals surface area contributed by atoms with Crippen LogP contribution >= 0.6 is 0 Å². The average molecular weight is 306 g/mol. The van der Waals surface area contributed by atoms with Crippen LogP contribution in [-0.4, -0.2) is 12.6 Å². The smallest absolute Gasteiger partial charge is 0.374 e. The average Bonchev–Trinajstić information content (AvgIpc) is 2.75. The molecule has 1 aliphatic rings. The molecule has 0 unspecified atom stereocenters. The predicted molar refractivity (Wildman–Crippen MR) is 90.0 cm³/mol. The summed E-state index contributed by atoms with van der Waals surface area (Å²) in [6, 6.07) is 15.9. The quantitative estimate of drug-likeness (QED) is 0.795. The molecule has 0 fully saturated rings. The van der Waals surface area contributed by atoms with Gasteiger partial charge in [0.15, 0.2) is 0 Å². The molecule has 0 spiro atoms. The van der Waals surface area contributed by atoms with Crippen LogP contribution in [0, 0.1) is 6.92 Å². The highest BCUT2D eigenvalue weighted by molar-refractivity contribution is 5.91. The topological polar surface area (TPSA) is 35.5 Å². The van der Waals surface area contributed by atoms with Gasteiger partial charge in [-0.25, -0.2) is 4.79 Å². The highest BCUT2D eigenvalue weighted by Crippen LogP contribution is 2.35. The van der Waals surface area contributed by atoms with Gasteiger partial charge in [-0.15, -0.1) is 0 Å². The fraction of sp³-hybridized carbons (Fsp3) is 0.150. The summed E-state index contributed by atoms with van der Waals surface area (Å²) >= 11 is 0. The second-order valence-corrected chi connectivity index (χ2v) is 5.24. The van der Waals surface area contributed by atoms with Crippen molar-refractivity contribution in [3.8, 4) is 5.75 Å². The number of hydrogen-bond acceptors (Lipinski definition) is 3. The molecular formula is C20H18O3. The van der Waals surface area contributed by atoms with E-state index in [1.54, 1.807) is 13.0 Å². The van der Waals surface area contributed by atoms with Gasteiger partial charge in [0.1, 0.15) is 5.75 Å². The summed E-state index contributed by atoms with van der Waals surface area (Å²) < 4.78 is 10.9. The Morgan fingerprint density at radius 2 is 1.70 bits per heavy atom. The molecule has 0 atom stereocenters. The number of rotatable bonds is 3. The van der Waals surface area contributed by atoms with Crippen molar-refractivity contribution in [1.82, 2.24) is 0 Å². The fourth-order valence-electron chi connectivity index (χ4n) is 2.60. The SMILES string of the molecule is CCOC(=O)C1=CC=C(c2ccccc2C)c2ccccc2O1. The first-order chi connectivity index (χ1) is 11.2. The summed E-state index contributed by atoms with van der Waals surface area (Å²) in [5.41, 5.74) is 4.27. The lowest BCUT2D eigenvalue weighted by Crippen LogP contribution is -2.12. The number of allylic oxidation sites excluding steroid dienone is 2. The van der Waals surface area contributed by atoms with Gasteiger partial charge < -0.3 is 9.47 Å². The Morgan fingerprint density at radius 3 is 2.43 bits per heavy atom. The zero-order valence-corrected chi connectivity index (χ0v) is 13.2. The van der Waals surface area contributed by atoms with Crippen molar-refractivity contribution < 1.29 is 14.3 Å². The molecule has 0 saturated carbocycles. The van der Waals surface area contributed by atoms with Gasteiger partial charge in [0.25, 0.3) is 0 Å². The van der Waals surface area contributed by atoms with Gasteiger partial charge in [-0.2, -0.15) is 0 Å². The Bertz CT molecular complexity index is 800. The molecule has 3 heteroatoms. The van der Waals surface area contributed by atoms with E-state index < -0.39 is 5.97 Å². The van der Waals surface area contributed by atoms with Crippen molar-refractivity contribution in [2.24, 2.45) is 0 Å². The lowest BCUT2D eigenvalue weighted by atomic mass is 9.94. The maximum Gasteiger partial charge on any atom is 0.374 e. The van der Waals surface area contributed by atoms with Crippen molar-refractivity contribution in [2.75, 3.05) is 6.61 Å². The first-order valence-corrected chi connectivity index (χ1v) is 7.63. The summed E-state index contributed by atoms with van der Waals surface area (Å²) in [7, 11) is 0. The van der Waals surface area contributed by atoms with Crippen LogP contribution in [0.5, 0.6) is 5.75 Å². The van der Waals surface area contributed by atoms with E-state index >= 15 is 0 Å². The largest absolute Gasteiger partial charge is 0.460 e. The summed E-state index contributed by atoms with van der Waals surface area (Å²) in [5, 5.41) is 0. The Kier molecular flexibility index (Phi) is 4.29. The number of hydrogen-bond donors (Lipinski definition) is 0. The van der Waals surface area contributed by atoms with E-state index in [0.29, 0.717) is 12.4 Å². The molecule has 23 heavy (non-hydrogen) atoms. The summed E-state index contributed by atoms with van der Waals surface area (Å²) in [6.07, 6.45) is 3.60. The molecule has 116 valence electrons. The number of esters is 1. The van der Waals surface area contributed by atoms with E-state index in [-0.39, 0.29) is 5.76 Å². The van der Waals surface area contributed by atoms with Crippen molar-refractivity contribution in [3.05, 3.63) is 83.1 Å². The first kappa shape index (κ1) is 15.1. The van der Waals surface area contributed by atoms with Gasteiger partial charge >= 0.3 is 5.97 Å². The maximum atomic E-state index is 12.0. The van der Waals surface area contributed by atoms with E-state index in [4.69, 9.17) is 9.47 Å². The van der Waals surface area contributed by atoms with Gasteiger partial charge in [0.2, 0.25) is 5.76 Å². The van der Waals surface area contributed by atoms with E-state index in [0.717, 1.165) is 16.7 Å². The predicted octanol–water partition coefficient (Wildman–Crippen LogP) is 4.27. The van der Waals surface area contributed by atoms with Crippen molar-refractivity contribution >= 4 is 11.5 Å². The van der Waals surface area contributed by atoms with Crippen molar-refractivity contribution in [3.63, 3.8) is 0 Å². The van der Waals surface area contributed by atoms with E-state index in [1.165, 1.54) is 5.56 Å². The third kappa shape index (κ3) is 3.04. The molecular weight excluding hydrogens is 288 g/mol. The van der Waals surface area contributed by atoms with Crippen LogP contribution in [0.25, 0.3) is 5.57 Å². The fourth-order valence-corrected chi connectivity index (χ4v) is 2.60.